The quantitative estimate of drug-likeness (QED) is 0.0537. The molecule has 0 bridgehead atoms. The summed E-state index contributed by atoms with van der Waals surface area (Å²) in [5.74, 6) is 0.0427. The summed E-state index contributed by atoms with van der Waals surface area (Å²) in [5, 5.41) is 64.4. The maximum Gasteiger partial charge on any atom is 0.254 e. The standard InChI is InChI=1S/4C16H27N5O2/c4*1-9-5-6-10(7-12(9)22)19-14-11(13(17)23)8-18-15(20-14)21-16(2,3)4/h4*8-10,12,22H,5-7H2,1-4H3,(H2,17,23)(H2,18,19,20,21)/i2D,3D3;2D3;2D2;2D. The summed E-state index contributed by atoms with van der Waals surface area (Å²) in [7, 11) is 0. The van der Waals surface area contributed by atoms with Gasteiger partial charge in [0, 0.05) is 84.8 Å². The van der Waals surface area contributed by atoms with Crippen molar-refractivity contribution in [2.45, 2.75) is 258 Å². The molecule has 13 unspecified atom stereocenters. The smallest absolute Gasteiger partial charge is 0.254 e. The zero-order chi connectivity index (χ0) is 76.8. The van der Waals surface area contributed by atoms with E-state index in [0.717, 1.165) is 51.4 Å². The van der Waals surface area contributed by atoms with E-state index in [1.165, 1.54) is 45.6 Å². The van der Waals surface area contributed by atoms with E-state index in [1.807, 2.05) is 41.5 Å². The van der Waals surface area contributed by atoms with Crippen LogP contribution in [0.3, 0.4) is 0 Å². The first kappa shape index (κ1) is 60.7. The average molecular weight is 1300 g/mol. The Morgan fingerprint density at radius 1 is 0.402 bits per heavy atom. The van der Waals surface area contributed by atoms with E-state index in [4.69, 9.17) is 36.6 Å². The minimum atomic E-state index is -2.45. The number of carbonyl (C=O) groups excluding carboxylic acids is 4. The van der Waals surface area contributed by atoms with Gasteiger partial charge in [-0.25, -0.2) is 19.9 Å². The second-order valence-electron chi connectivity index (χ2n) is 27.1. The minimum absolute atomic E-state index is 0.0137. The Morgan fingerprint density at radius 2 is 0.641 bits per heavy atom. The van der Waals surface area contributed by atoms with Gasteiger partial charge < -0.3 is 85.9 Å². The molecule has 8 rings (SSSR count). The number of nitrogens with zero attached hydrogens (tertiary/aromatic N) is 8. The molecule has 4 aliphatic carbocycles. The van der Waals surface area contributed by atoms with Gasteiger partial charge in [-0.05, 0) is 184 Å². The molecule has 0 aliphatic heterocycles. The van der Waals surface area contributed by atoms with Crippen LogP contribution in [0.4, 0.5) is 47.1 Å². The molecule has 13 atom stereocenters. The van der Waals surface area contributed by atoms with Gasteiger partial charge in [-0.3, -0.25) is 19.2 Å². The minimum Gasteiger partial charge on any atom is -0.393 e. The lowest BCUT2D eigenvalue weighted by Crippen LogP contribution is -2.36. The lowest BCUT2D eigenvalue weighted by Gasteiger charge is -2.32. The molecule has 92 heavy (non-hydrogen) atoms. The van der Waals surface area contributed by atoms with E-state index in [1.54, 1.807) is 13.8 Å². The summed E-state index contributed by atoms with van der Waals surface area (Å²) in [5.41, 5.74) is 18.1. The van der Waals surface area contributed by atoms with Gasteiger partial charge in [0.15, 0.2) is 0 Å². The van der Waals surface area contributed by atoms with E-state index in [9.17, 15) is 39.6 Å². The predicted molar refractivity (Wildman–Crippen MR) is 361 cm³/mol. The number of hydrogen-bond acceptors (Lipinski definition) is 24. The van der Waals surface area contributed by atoms with Gasteiger partial charge in [0.05, 0.1) is 46.7 Å². The van der Waals surface area contributed by atoms with Crippen LogP contribution >= 0.6 is 0 Å². The van der Waals surface area contributed by atoms with Crippen LogP contribution in [-0.2, 0) is 0 Å². The first-order valence-electron chi connectivity index (χ1n) is 36.8. The largest absolute Gasteiger partial charge is 0.393 e. The summed E-state index contributed by atoms with van der Waals surface area (Å²) in [6, 6.07) is -0.138. The highest BCUT2D eigenvalue weighted by Crippen LogP contribution is 2.32. The van der Waals surface area contributed by atoms with E-state index in [-0.39, 0.29) is 113 Å². The Labute approximate surface area is 557 Å². The molecule has 4 aromatic rings. The number of aliphatic hydroxyl groups excluding tert-OH is 4. The van der Waals surface area contributed by atoms with Crippen molar-refractivity contribution in [2.24, 2.45) is 46.6 Å². The molecule has 0 aromatic carbocycles. The number of nitrogens with one attached hydrogen (secondary N) is 8. The van der Waals surface area contributed by atoms with Gasteiger partial charge in [0.25, 0.3) is 23.6 Å². The predicted octanol–water partition coefficient (Wildman–Crippen LogP) is 6.99. The Balaban J connectivity index is 0.000000245. The second-order valence-corrected chi connectivity index (χ2v) is 27.1. The highest BCUT2D eigenvalue weighted by atomic mass is 16.3. The van der Waals surface area contributed by atoms with E-state index < -0.39 is 91.6 Å². The lowest BCUT2D eigenvalue weighted by atomic mass is 9.85. The molecular formula is C64H108N20O8. The molecule has 28 nitrogen and oxygen atoms in total. The molecule has 0 radical (unpaired) electrons. The number of carbonyl (C=O) groups is 4. The third-order valence-electron chi connectivity index (χ3n) is 15.9. The Kier molecular flexibility index (Phi) is 21.3. The molecule has 4 amide bonds. The average Bonchev–Trinajstić information content (AvgIpc) is 0.815. The van der Waals surface area contributed by atoms with Crippen molar-refractivity contribution in [3.05, 3.63) is 47.0 Å². The number of nitrogens with two attached hydrogens (primary N) is 4. The highest BCUT2D eigenvalue weighted by Gasteiger charge is 2.32. The van der Waals surface area contributed by atoms with Crippen LogP contribution in [0.2, 0.25) is 0 Å². The Hall–Kier alpha value is -7.56. The van der Waals surface area contributed by atoms with E-state index in [0.29, 0.717) is 43.3 Å². The van der Waals surface area contributed by atoms with Gasteiger partial charge in [-0.1, -0.05) is 27.7 Å². The third-order valence-corrected chi connectivity index (χ3v) is 15.9. The number of amides is 4. The number of aromatic nitrogens is 8. The summed E-state index contributed by atoms with van der Waals surface area (Å²) >= 11 is 0. The van der Waals surface area contributed by atoms with Crippen molar-refractivity contribution in [3.8, 4) is 0 Å². The fourth-order valence-electron chi connectivity index (χ4n) is 10.5. The van der Waals surface area contributed by atoms with Gasteiger partial charge in [-0.2, -0.15) is 19.9 Å². The molecule has 0 saturated heterocycles. The van der Waals surface area contributed by atoms with Crippen LogP contribution in [0, 0.1) is 23.7 Å². The summed E-state index contributed by atoms with van der Waals surface area (Å²) in [4.78, 5) is 80.0. The number of anilines is 8. The van der Waals surface area contributed by atoms with E-state index in [2.05, 4.69) is 82.4 Å². The maximum atomic E-state index is 11.7. The zero-order valence-corrected chi connectivity index (χ0v) is 55.0. The molecular weight excluding hydrogens is 1180 g/mol. The number of aliphatic hydroxyl groups is 4. The topological polar surface area (TPSA) is 453 Å². The molecule has 512 valence electrons. The summed E-state index contributed by atoms with van der Waals surface area (Å²) in [6.45, 7) is 13.5. The molecule has 4 fully saturated rings. The van der Waals surface area contributed by atoms with Crippen LogP contribution in [-0.4, -0.2) is 155 Å². The van der Waals surface area contributed by atoms with Crippen molar-refractivity contribution in [1.82, 2.24) is 39.9 Å². The molecule has 4 saturated carbocycles. The van der Waals surface area contributed by atoms with Gasteiger partial charge in [0.2, 0.25) is 23.8 Å². The monoisotopic (exact) mass is 1290 g/mol. The second kappa shape index (κ2) is 32.3. The Bertz CT molecular complexity index is 3460. The van der Waals surface area contributed by atoms with Crippen LogP contribution in [0.25, 0.3) is 0 Å². The molecule has 20 N–H and O–H groups in total. The highest BCUT2D eigenvalue weighted by molar-refractivity contribution is 5.99. The molecule has 4 heterocycles. The van der Waals surface area contributed by atoms with Gasteiger partial charge in [-0.15, -0.1) is 0 Å². The van der Waals surface area contributed by atoms with Crippen LogP contribution < -0.4 is 65.5 Å². The van der Waals surface area contributed by atoms with Crippen molar-refractivity contribution in [1.29, 1.82) is 0 Å². The summed E-state index contributed by atoms with van der Waals surface area (Å²) in [6.07, 6.45) is 12.6. The maximum absolute atomic E-state index is 11.7. The number of hydrogen-bond donors (Lipinski definition) is 16. The molecule has 4 aromatic heterocycles. The van der Waals surface area contributed by atoms with Crippen LogP contribution in [0.1, 0.15) is 243 Å². The van der Waals surface area contributed by atoms with Crippen molar-refractivity contribution in [3.63, 3.8) is 0 Å². The van der Waals surface area contributed by atoms with Crippen LogP contribution in [0.15, 0.2) is 24.8 Å². The van der Waals surface area contributed by atoms with E-state index >= 15 is 0 Å². The lowest BCUT2D eigenvalue weighted by molar-refractivity contribution is 0.0737. The first-order valence-corrected chi connectivity index (χ1v) is 31.2. The molecule has 4 aliphatic rings. The molecule has 28 heteroatoms. The first-order chi connectivity index (χ1) is 47.2. The SMILES string of the molecule is [2H]C([2H])([2H])C(C)(C)Nc1ncc(C(N)=O)c(NC2CCC(C)C(O)C2)n1.[2H]C([2H])C(C)(C)Nc1ncc(C(N)=O)c(NC2CCC(C)C(O)C2)n1.[2H]CC(C)(C)Nc1ncc(C(N)=O)c(NC2CCC(C)C(O)C2)n1.[2H]CC(C)(Nc1ncc(C(N)=O)c(NC2CCC(C)C(O)C2)n1)C([2H])([2H])[2H]. The van der Waals surface area contributed by atoms with Gasteiger partial charge in [0.1, 0.15) is 23.3 Å². The van der Waals surface area contributed by atoms with Crippen molar-refractivity contribution >= 4 is 70.7 Å². The Morgan fingerprint density at radius 3 is 0.859 bits per heavy atom. The van der Waals surface area contributed by atoms with Crippen molar-refractivity contribution < 1.29 is 53.3 Å². The number of rotatable bonds is 16. The normalized spacial score (nSPS) is 27.4. The molecule has 0 spiro atoms. The summed E-state index contributed by atoms with van der Waals surface area (Å²) < 4.78 is 75.9. The zero-order valence-electron chi connectivity index (χ0n) is 65.0. The van der Waals surface area contributed by atoms with Crippen molar-refractivity contribution in [2.75, 3.05) is 42.5 Å². The fraction of sp³-hybridized carbons (Fsp3) is 0.688. The third kappa shape index (κ3) is 24.8. The van der Waals surface area contributed by atoms with Gasteiger partial charge >= 0.3 is 0 Å². The number of primary amides is 4. The fourth-order valence-corrected chi connectivity index (χ4v) is 10.5. The van der Waals surface area contributed by atoms with Crippen LogP contribution in [0.5, 0.6) is 0 Å².